The van der Waals surface area contributed by atoms with Gasteiger partial charge >= 0.3 is 0 Å². The van der Waals surface area contributed by atoms with Gasteiger partial charge in [0.25, 0.3) is 0 Å². The number of anilines is 1. The standard InChI is InChI=1S/C19H24N2O6/c1-18(2)24-14-13(9-22-12-7-5-6-11(21)10(12)8-20)23-17-16(15(14)25-18)26-19(3,4)27-17/h5-7,13-17H,9,21H2,1-4H3/t13?,14-,15-,16-,17+/m0/s1. The lowest BCUT2D eigenvalue weighted by Crippen LogP contribution is -2.56. The maximum absolute atomic E-state index is 9.31. The molecule has 3 saturated heterocycles. The molecule has 3 aliphatic heterocycles. The van der Waals surface area contributed by atoms with Crippen LogP contribution in [0.5, 0.6) is 5.75 Å². The van der Waals surface area contributed by atoms with Crippen molar-refractivity contribution in [2.45, 2.75) is 70.0 Å². The van der Waals surface area contributed by atoms with Crippen LogP contribution in [0.2, 0.25) is 0 Å². The van der Waals surface area contributed by atoms with Gasteiger partial charge in [0.2, 0.25) is 0 Å². The molecule has 3 heterocycles. The second kappa shape index (κ2) is 6.33. The summed E-state index contributed by atoms with van der Waals surface area (Å²) in [7, 11) is 0. The molecule has 1 aromatic carbocycles. The van der Waals surface area contributed by atoms with Crippen LogP contribution in [0.25, 0.3) is 0 Å². The number of nitrogen functional groups attached to an aromatic ring is 1. The van der Waals surface area contributed by atoms with Crippen molar-refractivity contribution in [1.82, 2.24) is 0 Å². The van der Waals surface area contributed by atoms with E-state index in [4.69, 9.17) is 34.2 Å². The Kier molecular flexibility index (Phi) is 4.33. The monoisotopic (exact) mass is 376 g/mol. The highest BCUT2D eigenvalue weighted by Gasteiger charge is 2.60. The minimum absolute atomic E-state index is 0.158. The van der Waals surface area contributed by atoms with E-state index in [0.29, 0.717) is 17.0 Å². The van der Waals surface area contributed by atoms with Crippen molar-refractivity contribution in [3.63, 3.8) is 0 Å². The van der Waals surface area contributed by atoms with Gasteiger partial charge in [0.05, 0.1) is 5.69 Å². The minimum atomic E-state index is -0.770. The van der Waals surface area contributed by atoms with E-state index in [1.807, 2.05) is 27.7 Å². The van der Waals surface area contributed by atoms with Crippen LogP contribution in [0, 0.1) is 11.3 Å². The average Bonchev–Trinajstić information content (AvgIpc) is 3.06. The number of nitriles is 1. The Hall–Kier alpha value is -1.89. The van der Waals surface area contributed by atoms with Crippen molar-refractivity contribution in [2.24, 2.45) is 0 Å². The molecule has 0 saturated carbocycles. The number of hydrogen-bond acceptors (Lipinski definition) is 8. The Labute approximate surface area is 158 Å². The molecule has 3 fully saturated rings. The summed E-state index contributed by atoms with van der Waals surface area (Å²) >= 11 is 0. The third-order valence-electron chi connectivity index (χ3n) is 4.82. The van der Waals surface area contributed by atoms with Gasteiger partial charge in [-0.1, -0.05) is 6.07 Å². The van der Waals surface area contributed by atoms with Gasteiger partial charge in [-0.2, -0.15) is 5.26 Å². The smallest absolute Gasteiger partial charge is 0.190 e. The minimum Gasteiger partial charge on any atom is -0.489 e. The van der Waals surface area contributed by atoms with Gasteiger partial charge in [-0.25, -0.2) is 0 Å². The molecule has 4 rings (SSSR count). The van der Waals surface area contributed by atoms with Crippen LogP contribution >= 0.6 is 0 Å². The molecule has 3 aliphatic rings. The van der Waals surface area contributed by atoms with Gasteiger partial charge < -0.3 is 34.2 Å². The van der Waals surface area contributed by atoms with Crippen molar-refractivity contribution < 1.29 is 28.4 Å². The van der Waals surface area contributed by atoms with Crippen molar-refractivity contribution >= 4 is 5.69 Å². The molecule has 8 nitrogen and oxygen atoms in total. The molecule has 146 valence electrons. The van der Waals surface area contributed by atoms with E-state index in [1.165, 1.54) is 0 Å². The molecule has 5 atom stereocenters. The number of nitrogens with zero attached hydrogens (tertiary/aromatic N) is 1. The van der Waals surface area contributed by atoms with Crippen molar-refractivity contribution in [2.75, 3.05) is 12.3 Å². The second-order valence-corrected chi connectivity index (χ2v) is 7.85. The van der Waals surface area contributed by atoms with Crippen LogP contribution in [0.4, 0.5) is 5.69 Å². The van der Waals surface area contributed by atoms with Gasteiger partial charge in [0, 0.05) is 0 Å². The number of rotatable bonds is 3. The van der Waals surface area contributed by atoms with Crippen LogP contribution in [-0.2, 0) is 23.7 Å². The zero-order valence-corrected chi connectivity index (χ0v) is 15.8. The van der Waals surface area contributed by atoms with E-state index >= 15 is 0 Å². The molecule has 1 aromatic rings. The van der Waals surface area contributed by atoms with Crippen molar-refractivity contribution in [1.29, 1.82) is 5.26 Å². The Balaban J connectivity index is 1.54. The fourth-order valence-corrected chi connectivity index (χ4v) is 3.79. The number of ether oxygens (including phenoxy) is 6. The van der Waals surface area contributed by atoms with Gasteiger partial charge in [-0.15, -0.1) is 0 Å². The van der Waals surface area contributed by atoms with Crippen LogP contribution in [0.3, 0.4) is 0 Å². The molecule has 0 amide bonds. The summed E-state index contributed by atoms with van der Waals surface area (Å²) in [6.45, 7) is 7.53. The van der Waals surface area contributed by atoms with Crippen LogP contribution in [-0.4, -0.2) is 48.9 Å². The van der Waals surface area contributed by atoms with Gasteiger partial charge in [-0.05, 0) is 39.8 Å². The summed E-state index contributed by atoms with van der Waals surface area (Å²) < 4.78 is 35.9. The summed E-state index contributed by atoms with van der Waals surface area (Å²) in [5.41, 5.74) is 6.51. The third kappa shape index (κ3) is 3.37. The van der Waals surface area contributed by atoms with E-state index in [1.54, 1.807) is 18.2 Å². The third-order valence-corrected chi connectivity index (χ3v) is 4.82. The van der Waals surface area contributed by atoms with E-state index in [9.17, 15) is 5.26 Å². The highest BCUT2D eigenvalue weighted by Crippen LogP contribution is 2.44. The fourth-order valence-electron chi connectivity index (χ4n) is 3.79. The lowest BCUT2D eigenvalue weighted by Gasteiger charge is -2.37. The lowest BCUT2D eigenvalue weighted by molar-refractivity contribution is -0.238. The van der Waals surface area contributed by atoms with E-state index in [-0.39, 0.29) is 24.9 Å². The maximum Gasteiger partial charge on any atom is 0.190 e. The molecule has 0 aliphatic carbocycles. The van der Waals surface area contributed by atoms with Crippen LogP contribution in [0.15, 0.2) is 18.2 Å². The molecule has 0 aromatic heterocycles. The molecule has 0 spiro atoms. The zero-order valence-electron chi connectivity index (χ0n) is 15.8. The van der Waals surface area contributed by atoms with Crippen molar-refractivity contribution in [3.05, 3.63) is 23.8 Å². The first-order valence-electron chi connectivity index (χ1n) is 8.97. The Morgan fingerprint density at radius 3 is 2.44 bits per heavy atom. The first-order chi connectivity index (χ1) is 12.7. The molecule has 8 heteroatoms. The Morgan fingerprint density at radius 2 is 1.70 bits per heavy atom. The number of hydrogen-bond donors (Lipinski definition) is 1. The van der Waals surface area contributed by atoms with Crippen molar-refractivity contribution in [3.8, 4) is 11.8 Å². The molecular formula is C19H24N2O6. The first-order valence-corrected chi connectivity index (χ1v) is 8.97. The zero-order chi connectivity index (χ0) is 19.4. The SMILES string of the molecule is CC1(C)O[C@H]2OC(COc3cccc(N)c3C#N)[C@@H]3OC(C)(C)O[C@@H]3[C@@H]2O1. The first kappa shape index (κ1) is 18.5. The number of benzene rings is 1. The normalized spacial score (nSPS) is 35.9. The summed E-state index contributed by atoms with van der Waals surface area (Å²) in [5, 5.41) is 9.31. The molecule has 0 radical (unpaired) electrons. The Bertz CT molecular complexity index is 774. The number of nitrogens with two attached hydrogens (primary N) is 1. The summed E-state index contributed by atoms with van der Waals surface area (Å²) in [5.74, 6) is -1.13. The van der Waals surface area contributed by atoms with Gasteiger partial charge in [-0.3, -0.25) is 0 Å². The largest absolute Gasteiger partial charge is 0.489 e. The molecule has 2 N–H and O–H groups in total. The predicted molar refractivity (Wildman–Crippen MR) is 93.6 cm³/mol. The lowest BCUT2D eigenvalue weighted by atomic mass is 9.99. The van der Waals surface area contributed by atoms with E-state index < -0.39 is 24.0 Å². The summed E-state index contributed by atoms with van der Waals surface area (Å²) in [4.78, 5) is 0. The summed E-state index contributed by atoms with van der Waals surface area (Å²) in [6, 6.07) is 7.16. The topological polar surface area (TPSA) is 105 Å². The average molecular weight is 376 g/mol. The maximum atomic E-state index is 9.31. The van der Waals surface area contributed by atoms with Gasteiger partial charge in [0.15, 0.2) is 17.9 Å². The predicted octanol–water partition coefficient (Wildman–Crippen LogP) is 1.92. The second-order valence-electron chi connectivity index (χ2n) is 7.85. The highest BCUT2D eigenvalue weighted by atomic mass is 16.9. The molecule has 0 bridgehead atoms. The summed E-state index contributed by atoms with van der Waals surface area (Å²) in [6.07, 6.45) is -2.15. The van der Waals surface area contributed by atoms with Crippen LogP contribution in [0.1, 0.15) is 33.3 Å². The molecule has 1 unspecified atom stereocenters. The Morgan fingerprint density at radius 1 is 1.04 bits per heavy atom. The van der Waals surface area contributed by atoms with Crippen LogP contribution < -0.4 is 10.5 Å². The van der Waals surface area contributed by atoms with E-state index in [2.05, 4.69) is 6.07 Å². The van der Waals surface area contributed by atoms with Gasteiger partial charge in [0.1, 0.15) is 48.4 Å². The highest BCUT2D eigenvalue weighted by molar-refractivity contribution is 5.60. The fraction of sp³-hybridized carbons (Fsp3) is 0.632. The quantitative estimate of drug-likeness (QED) is 0.798. The number of fused-ring (bicyclic) bond motifs is 3. The molecule has 27 heavy (non-hydrogen) atoms. The molecular weight excluding hydrogens is 352 g/mol. The van der Waals surface area contributed by atoms with E-state index in [0.717, 1.165) is 0 Å².